The van der Waals surface area contributed by atoms with Gasteiger partial charge in [-0.25, -0.2) is 60.5 Å². The van der Waals surface area contributed by atoms with Crippen LogP contribution in [0.1, 0.15) is 179 Å². The van der Waals surface area contributed by atoms with Crippen molar-refractivity contribution in [3.05, 3.63) is 253 Å². The molecule has 6 atom stereocenters. The average Bonchev–Trinajstić information content (AvgIpc) is 1.35. The van der Waals surface area contributed by atoms with E-state index in [-0.39, 0.29) is 76.5 Å². The lowest BCUT2D eigenvalue weighted by Gasteiger charge is -2.34. The number of benzene rings is 7. The molecule has 24 nitrogen and oxygen atoms in total. The fourth-order valence-corrected chi connectivity index (χ4v) is 18.6. The molecule has 0 bridgehead atoms. The minimum atomic E-state index is -4.55. The highest BCUT2D eigenvalue weighted by Gasteiger charge is 2.47. The van der Waals surface area contributed by atoms with Gasteiger partial charge in [0.25, 0.3) is 0 Å². The lowest BCUT2D eigenvalue weighted by molar-refractivity contribution is -0.146. The van der Waals surface area contributed by atoms with Crippen LogP contribution in [0.15, 0.2) is 140 Å². The van der Waals surface area contributed by atoms with Gasteiger partial charge in [-0.15, -0.1) is 0 Å². The topological polar surface area (TPSA) is 277 Å². The van der Waals surface area contributed by atoms with Gasteiger partial charge in [-0.05, 0) is 235 Å². The van der Waals surface area contributed by atoms with Crippen LogP contribution in [-0.2, 0) is 55.8 Å². The van der Waals surface area contributed by atoms with Crippen molar-refractivity contribution in [3.8, 4) is 61.8 Å². The molecule has 10 aromatic rings. The van der Waals surface area contributed by atoms with Crippen molar-refractivity contribution >= 4 is 53.6 Å². The number of hydrogen-bond donors (Lipinski definition) is 3. The van der Waals surface area contributed by atoms with E-state index in [1.807, 2.05) is 36.4 Å². The number of carbonyl (C=O) groups excluding carboxylic acids is 3. The first-order valence-electron chi connectivity index (χ1n) is 44.3. The number of pyridine rings is 3. The van der Waals surface area contributed by atoms with E-state index in [0.717, 1.165) is 94.9 Å². The van der Waals surface area contributed by atoms with Gasteiger partial charge in [-0.1, -0.05) is 29.3 Å². The average molecular weight is 1890 g/mol. The first kappa shape index (κ1) is 95.3. The van der Waals surface area contributed by atoms with E-state index < -0.39 is 143 Å². The molecule has 0 radical (unpaired) electrons. The number of aromatic nitrogens is 3. The van der Waals surface area contributed by atoms with Gasteiger partial charge in [0.15, 0.2) is 17.5 Å². The molecule has 2 saturated carbocycles. The van der Waals surface area contributed by atoms with Crippen molar-refractivity contribution in [1.82, 2.24) is 29.7 Å². The molecule has 0 unspecified atom stereocenters. The number of ether oxygens (including phenoxy) is 6. The summed E-state index contributed by atoms with van der Waals surface area (Å²) in [5.41, 5.74) is 6.36. The van der Waals surface area contributed by atoms with Crippen molar-refractivity contribution in [1.29, 1.82) is 0 Å². The highest BCUT2D eigenvalue weighted by molar-refractivity contribution is 5.90. The van der Waals surface area contributed by atoms with Gasteiger partial charge in [0.05, 0.1) is 105 Å². The zero-order valence-electron chi connectivity index (χ0n) is 75.2. The predicted octanol–water partition coefficient (Wildman–Crippen LogP) is 21.5. The smallest absolute Gasteiger partial charge is 0.416 e. The molecular weight excluding hydrogens is 1800 g/mol. The van der Waals surface area contributed by atoms with Gasteiger partial charge in [-0.2, -0.15) is 26.3 Å². The SMILES string of the molecule is COc1cc(F)c(-c2ccc(C(=O)O)cc2C)cc1-c1ccc(N2CCC2)nc1CN1C(=O)O[C@H](c2cc(F)c(F)c(F)c2)[C@@H]1C.COc1cc(F)c(C2CC(C(=O)O)C2)cc1-c1ccc(N2CCC2)nc1CN1C(=O)O[C@H](c2cc(C)cc(C(F)(F)F)c2)[C@@H]1C.COc1cc(F)c(C2CC(C(=O)O)C2)cc1-c1ccc(N2CCC2)nc1CN1C(=O)O[C@H](c2cc(C)cc(C(F)(F)F)c2)[C@@H]1C. The second kappa shape index (κ2) is 38.1. The highest BCUT2D eigenvalue weighted by Crippen LogP contribution is 2.51. The summed E-state index contributed by atoms with van der Waals surface area (Å²) in [6.45, 7) is 14.7. The largest absolute Gasteiger partial charge is 0.496 e. The van der Waals surface area contributed by atoms with Crippen LogP contribution >= 0.6 is 0 Å². The van der Waals surface area contributed by atoms with Gasteiger partial charge < -0.3 is 58.4 Å². The number of methoxy groups -OCH3 is 3. The van der Waals surface area contributed by atoms with Crippen LogP contribution in [0.4, 0.5) is 84.5 Å². The summed E-state index contributed by atoms with van der Waals surface area (Å²) in [5.74, 6) is -7.69. The molecule has 3 aromatic heterocycles. The van der Waals surface area contributed by atoms with Crippen LogP contribution < -0.4 is 28.9 Å². The highest BCUT2D eigenvalue weighted by atomic mass is 19.4. The second-order valence-corrected chi connectivity index (χ2v) is 35.5. The molecule has 7 aromatic carbocycles. The number of halogens is 12. The van der Waals surface area contributed by atoms with Crippen molar-refractivity contribution in [2.24, 2.45) is 11.8 Å². The number of carbonyl (C=O) groups is 6. The normalized spacial score (nSPS) is 21.1. The summed E-state index contributed by atoms with van der Waals surface area (Å²) in [5, 5.41) is 28.0. The molecule has 0 spiro atoms. The molecule has 136 heavy (non-hydrogen) atoms. The first-order chi connectivity index (χ1) is 64.6. The number of alkyl halides is 6. The number of aromatic carboxylic acids is 1. The quantitative estimate of drug-likeness (QED) is 0.0288. The van der Waals surface area contributed by atoms with Gasteiger partial charge >= 0.3 is 48.5 Å². The lowest BCUT2D eigenvalue weighted by atomic mass is 9.71. The number of carboxylic acid groups (broad SMARTS) is 3. The third-order valence-corrected chi connectivity index (χ3v) is 26.8. The standard InChI is InChI=1S/C34H29F4N3O5.2C33H33F4N3O5/c1-17-11-19(33(42)43)5-6-21(17)23-14-24(29(45-3)15-25(23)35)22-7-8-30(40-9-4-10-40)39-28(22)16-41-18(2)32(46-34(41)44)20-12-26(36)31(38)27(37)13-20;2*1-17-9-20(13-22(10-17)33(35,36)37)30-18(2)40(32(43)45-30)16-27-23(5-6-29(38-27)39-7-4-8-39)25-14-24(26(34)15-28(25)44-3)19-11-21(12-19)31(41)42/h5-8,11-15,18,32H,4,9-10,16H2,1-3H3,(H,42,43);2*5-6,9-10,13-15,18-19,21,30H,4,7-8,11-12,16H2,1-3H3,(H,41,42)/t18-,32-;2*18-,19?,21?,30-/m000/s1. The fraction of sp³-hybridized carbons (Fsp3) is 0.370. The molecule has 6 aliphatic heterocycles. The number of nitrogens with zero attached hydrogens (tertiary/aromatic N) is 9. The zero-order valence-corrected chi connectivity index (χ0v) is 75.2. The first-order valence-corrected chi connectivity index (χ1v) is 44.3. The molecule has 3 N–H and O–H groups in total. The second-order valence-electron chi connectivity index (χ2n) is 35.5. The lowest BCUT2D eigenvalue weighted by Crippen LogP contribution is -2.38. The van der Waals surface area contributed by atoms with Crippen LogP contribution in [0.2, 0.25) is 0 Å². The Morgan fingerprint density at radius 2 is 0.728 bits per heavy atom. The maximum Gasteiger partial charge on any atom is 0.416 e. The molecule has 36 heteroatoms. The number of aliphatic carboxylic acids is 2. The Bertz CT molecular complexity index is 6110. The Kier molecular flexibility index (Phi) is 26.7. The van der Waals surface area contributed by atoms with Crippen molar-refractivity contribution in [2.75, 3.05) is 75.3 Å². The number of amides is 3. The molecule has 2 aliphatic carbocycles. The molecule has 8 aliphatic rings. The third kappa shape index (κ3) is 19.2. The molecule has 8 fully saturated rings. The van der Waals surface area contributed by atoms with E-state index in [2.05, 4.69) is 14.7 Å². The minimum Gasteiger partial charge on any atom is -0.496 e. The van der Waals surface area contributed by atoms with Gasteiger partial charge in [0.2, 0.25) is 0 Å². The van der Waals surface area contributed by atoms with Crippen LogP contribution in [0.5, 0.6) is 17.2 Å². The van der Waals surface area contributed by atoms with Gasteiger partial charge in [0.1, 0.15) is 70.5 Å². The maximum atomic E-state index is 15.5. The van der Waals surface area contributed by atoms with Crippen LogP contribution in [-0.4, -0.2) is 160 Å². The summed E-state index contributed by atoms with van der Waals surface area (Å²) in [6.07, 6.45) is -9.88. The van der Waals surface area contributed by atoms with Gasteiger partial charge in [0, 0.05) is 102 Å². The summed E-state index contributed by atoms with van der Waals surface area (Å²) in [4.78, 5) is 99.0. The van der Waals surface area contributed by atoms with E-state index >= 15 is 13.2 Å². The summed E-state index contributed by atoms with van der Waals surface area (Å²) >= 11 is 0. The van der Waals surface area contributed by atoms with Crippen LogP contribution in [0, 0.1) is 67.5 Å². The molecule has 3 amide bonds. The van der Waals surface area contributed by atoms with E-state index in [4.69, 9.17) is 43.4 Å². The van der Waals surface area contributed by atoms with E-state index in [9.17, 15) is 83.6 Å². The van der Waals surface area contributed by atoms with Crippen LogP contribution in [0.25, 0.3) is 44.5 Å². The Morgan fingerprint density at radius 1 is 0.397 bits per heavy atom. The molecular formula is C100H95F12N9O15. The van der Waals surface area contributed by atoms with Crippen molar-refractivity contribution < 1.29 is 125 Å². The van der Waals surface area contributed by atoms with Gasteiger partial charge in [-0.3, -0.25) is 24.3 Å². The van der Waals surface area contributed by atoms with Crippen molar-refractivity contribution in [2.45, 2.75) is 167 Å². The summed E-state index contributed by atoms with van der Waals surface area (Å²) in [6, 6.07) is 31.1. The number of anilines is 3. The number of rotatable bonds is 24. The predicted molar refractivity (Wildman–Crippen MR) is 474 cm³/mol. The summed E-state index contributed by atoms with van der Waals surface area (Å²) < 4.78 is 203. The Morgan fingerprint density at radius 3 is 1.04 bits per heavy atom. The van der Waals surface area contributed by atoms with E-state index in [1.165, 1.54) is 66.4 Å². The third-order valence-electron chi connectivity index (χ3n) is 26.8. The Labute approximate surface area is 773 Å². The Balaban J connectivity index is 0.000000148. The molecule has 18 rings (SSSR count). The van der Waals surface area contributed by atoms with Crippen LogP contribution in [0.3, 0.4) is 0 Å². The molecule has 9 heterocycles. The Hall–Kier alpha value is -13.8. The molecule has 6 saturated heterocycles. The molecule has 714 valence electrons. The minimum absolute atomic E-state index is 0.0220. The number of hydrogen-bond acceptors (Lipinski definition) is 18. The van der Waals surface area contributed by atoms with Crippen molar-refractivity contribution in [3.63, 3.8) is 0 Å². The maximum absolute atomic E-state index is 15.5. The number of cyclic esters (lactones) is 3. The monoisotopic (exact) mass is 1890 g/mol. The number of aryl methyl sites for hydroxylation is 3. The zero-order chi connectivity index (χ0) is 97.3. The number of carboxylic acids is 3. The van der Waals surface area contributed by atoms with E-state index in [0.29, 0.717) is 127 Å². The summed E-state index contributed by atoms with van der Waals surface area (Å²) in [7, 11) is 4.24. The fourth-order valence-electron chi connectivity index (χ4n) is 18.6. The van der Waals surface area contributed by atoms with E-state index in [1.54, 1.807) is 77.9 Å².